The third kappa shape index (κ3) is 6.69. The number of phenolic OH excluding ortho intramolecular Hbond substituents is 1. The van der Waals surface area contributed by atoms with E-state index in [0.29, 0.717) is 12.0 Å². The molecule has 5 rings (SSSR count). The van der Waals surface area contributed by atoms with Gasteiger partial charge in [-0.1, -0.05) is 60.7 Å². The first-order chi connectivity index (χ1) is 21.1. The van der Waals surface area contributed by atoms with Crippen LogP contribution in [-0.4, -0.2) is 69.0 Å². The first-order valence-corrected chi connectivity index (χ1v) is 14.9. The molecule has 230 valence electrons. The number of benzene rings is 3. The smallest absolute Gasteiger partial charge is 0.407 e. The molecule has 0 fully saturated rings. The van der Waals surface area contributed by atoms with Crippen LogP contribution in [-0.2, 0) is 40.2 Å². The zero-order valence-corrected chi connectivity index (χ0v) is 24.9. The molecule has 1 aliphatic carbocycles. The molecule has 2 aliphatic rings. The number of carbonyl (C=O) groups is 4. The van der Waals surface area contributed by atoms with Crippen molar-refractivity contribution in [1.82, 2.24) is 20.4 Å². The van der Waals surface area contributed by atoms with Gasteiger partial charge in [0.1, 0.15) is 23.9 Å². The molecule has 3 unspecified atom stereocenters. The van der Waals surface area contributed by atoms with Crippen molar-refractivity contribution in [2.45, 2.75) is 69.7 Å². The maximum atomic E-state index is 14.4. The molecule has 0 spiro atoms. The largest absolute Gasteiger partial charge is 0.508 e. The standard InChI is InChI=1S/C34H38N4O6/c1-21(37(2)34(43)44)31(40)36-29(18-22-14-16-26(39)17-15-22)33(42)38-20-25-10-4-3-9-24(25)19-30(38)32(41)35-28-13-7-11-23-8-5-6-12-27(23)28/h3-6,8-10,12,14-17,21,28-30,39H,7,11,13,18-20H2,1-2H3,(H,35,41)(H,36,40)(H,43,44)/t21?,28-,29?,30?/m1/s1. The molecule has 3 aromatic rings. The lowest BCUT2D eigenvalue weighted by atomic mass is 9.87. The Morgan fingerprint density at radius 3 is 2.32 bits per heavy atom. The lowest BCUT2D eigenvalue weighted by Gasteiger charge is -2.39. The minimum Gasteiger partial charge on any atom is -0.508 e. The Balaban J connectivity index is 1.44. The van der Waals surface area contributed by atoms with Gasteiger partial charge in [0.15, 0.2) is 0 Å². The Bertz CT molecular complexity index is 1540. The number of rotatable bonds is 8. The van der Waals surface area contributed by atoms with Gasteiger partial charge in [0.2, 0.25) is 17.7 Å². The SMILES string of the molecule is CC(C(=O)NC(Cc1ccc(O)cc1)C(=O)N1Cc2ccccc2CC1C(=O)N[C@@H]1CCCc2ccccc21)N(C)C(=O)O. The molecule has 0 saturated heterocycles. The van der Waals surface area contributed by atoms with E-state index in [9.17, 15) is 29.4 Å². The number of nitrogens with zero attached hydrogens (tertiary/aromatic N) is 2. The Labute approximate surface area is 256 Å². The molecular formula is C34H38N4O6. The van der Waals surface area contributed by atoms with Crippen LogP contribution in [0, 0.1) is 0 Å². The Hall–Kier alpha value is -4.86. The summed E-state index contributed by atoms with van der Waals surface area (Å²) in [5, 5.41) is 25.1. The highest BCUT2D eigenvalue weighted by atomic mass is 16.4. The quantitative estimate of drug-likeness (QED) is 0.313. The third-order valence-electron chi connectivity index (χ3n) is 8.77. The van der Waals surface area contributed by atoms with E-state index in [2.05, 4.69) is 16.7 Å². The van der Waals surface area contributed by atoms with Gasteiger partial charge in [-0.05, 0) is 66.1 Å². The van der Waals surface area contributed by atoms with Gasteiger partial charge >= 0.3 is 6.09 Å². The second-order valence-electron chi connectivity index (χ2n) is 11.6. The number of nitrogens with one attached hydrogen (secondary N) is 2. The molecule has 10 nitrogen and oxygen atoms in total. The number of fused-ring (bicyclic) bond motifs is 2. The third-order valence-corrected chi connectivity index (χ3v) is 8.77. The summed E-state index contributed by atoms with van der Waals surface area (Å²) < 4.78 is 0. The number of amides is 4. The van der Waals surface area contributed by atoms with Gasteiger partial charge in [-0.2, -0.15) is 0 Å². The summed E-state index contributed by atoms with van der Waals surface area (Å²) in [5.74, 6) is -1.28. The number of hydrogen-bond acceptors (Lipinski definition) is 5. The van der Waals surface area contributed by atoms with Gasteiger partial charge in [0.25, 0.3) is 0 Å². The molecule has 1 heterocycles. The van der Waals surface area contributed by atoms with E-state index < -0.39 is 36.0 Å². The summed E-state index contributed by atoms with van der Waals surface area (Å²) in [5.41, 5.74) is 4.88. The molecule has 44 heavy (non-hydrogen) atoms. The molecule has 4 atom stereocenters. The van der Waals surface area contributed by atoms with Crippen LogP contribution in [0.5, 0.6) is 5.75 Å². The molecule has 1 aliphatic heterocycles. The molecular weight excluding hydrogens is 560 g/mol. The maximum Gasteiger partial charge on any atom is 0.407 e. The second-order valence-corrected chi connectivity index (χ2v) is 11.6. The number of likely N-dealkylation sites (N-methyl/N-ethyl adjacent to an activating group) is 1. The molecule has 10 heteroatoms. The van der Waals surface area contributed by atoms with E-state index >= 15 is 0 Å². The van der Waals surface area contributed by atoms with Crippen LogP contribution in [0.3, 0.4) is 0 Å². The van der Waals surface area contributed by atoms with Crippen molar-refractivity contribution >= 4 is 23.8 Å². The predicted octanol–water partition coefficient (Wildman–Crippen LogP) is 3.57. The Morgan fingerprint density at radius 1 is 0.955 bits per heavy atom. The fourth-order valence-corrected chi connectivity index (χ4v) is 6.06. The Kier molecular flexibility index (Phi) is 9.18. The highest BCUT2D eigenvalue weighted by Crippen LogP contribution is 2.31. The van der Waals surface area contributed by atoms with Crippen molar-refractivity contribution in [2.24, 2.45) is 0 Å². The fourth-order valence-electron chi connectivity index (χ4n) is 6.06. The monoisotopic (exact) mass is 598 g/mol. The first kappa shape index (κ1) is 30.6. The minimum atomic E-state index is -1.28. The van der Waals surface area contributed by atoms with Gasteiger partial charge in [-0.15, -0.1) is 0 Å². The van der Waals surface area contributed by atoms with Gasteiger partial charge in [0.05, 0.1) is 6.04 Å². The van der Waals surface area contributed by atoms with E-state index in [1.165, 1.54) is 36.6 Å². The lowest BCUT2D eigenvalue weighted by molar-refractivity contribution is -0.145. The number of hydrogen-bond donors (Lipinski definition) is 4. The van der Waals surface area contributed by atoms with Gasteiger partial charge in [0, 0.05) is 26.4 Å². The van der Waals surface area contributed by atoms with Gasteiger partial charge in [-0.3, -0.25) is 19.3 Å². The van der Waals surface area contributed by atoms with Crippen LogP contribution in [0.15, 0.2) is 72.8 Å². The van der Waals surface area contributed by atoms with E-state index in [0.717, 1.165) is 40.9 Å². The number of aromatic hydroxyl groups is 1. The summed E-state index contributed by atoms with van der Waals surface area (Å²) in [6.07, 6.45) is 1.83. The minimum absolute atomic E-state index is 0.0611. The molecule has 0 radical (unpaired) electrons. The van der Waals surface area contributed by atoms with Crippen molar-refractivity contribution < 1.29 is 29.4 Å². The van der Waals surface area contributed by atoms with Crippen LogP contribution < -0.4 is 10.6 Å². The van der Waals surface area contributed by atoms with E-state index in [-0.39, 0.29) is 30.7 Å². The fraction of sp³-hybridized carbons (Fsp3) is 0.353. The summed E-state index contributed by atoms with van der Waals surface area (Å²) in [7, 11) is 1.29. The normalized spacial score (nSPS) is 18.6. The molecule has 4 N–H and O–H groups in total. The molecule has 0 saturated carbocycles. The molecule has 4 amide bonds. The Morgan fingerprint density at radius 2 is 1.61 bits per heavy atom. The first-order valence-electron chi connectivity index (χ1n) is 14.9. The van der Waals surface area contributed by atoms with Crippen LogP contribution >= 0.6 is 0 Å². The number of aryl methyl sites for hydroxylation is 1. The summed E-state index contributed by atoms with van der Waals surface area (Å²) in [6, 6.07) is 19.0. The van der Waals surface area contributed by atoms with Crippen molar-refractivity contribution in [1.29, 1.82) is 0 Å². The summed E-state index contributed by atoms with van der Waals surface area (Å²) in [4.78, 5) is 55.6. The van der Waals surface area contributed by atoms with Crippen LogP contribution in [0.4, 0.5) is 4.79 Å². The number of phenols is 1. The number of carboxylic acid groups (broad SMARTS) is 1. The van der Waals surface area contributed by atoms with Gasteiger partial charge < -0.3 is 25.7 Å². The van der Waals surface area contributed by atoms with E-state index in [1.807, 2.05) is 42.5 Å². The topological polar surface area (TPSA) is 139 Å². The molecule has 0 bridgehead atoms. The summed E-state index contributed by atoms with van der Waals surface area (Å²) >= 11 is 0. The maximum absolute atomic E-state index is 14.4. The van der Waals surface area contributed by atoms with Gasteiger partial charge in [-0.25, -0.2) is 4.79 Å². The van der Waals surface area contributed by atoms with Crippen LogP contribution in [0.1, 0.15) is 53.6 Å². The van der Waals surface area contributed by atoms with Crippen LogP contribution in [0.2, 0.25) is 0 Å². The number of carbonyl (C=O) groups excluding carboxylic acids is 3. The average Bonchev–Trinajstić information content (AvgIpc) is 3.03. The highest BCUT2D eigenvalue weighted by molar-refractivity contribution is 5.94. The molecule has 3 aromatic carbocycles. The van der Waals surface area contributed by atoms with Crippen molar-refractivity contribution in [2.75, 3.05) is 7.05 Å². The van der Waals surface area contributed by atoms with E-state index in [1.54, 1.807) is 12.1 Å². The van der Waals surface area contributed by atoms with E-state index in [4.69, 9.17) is 0 Å². The lowest BCUT2D eigenvalue weighted by Crippen LogP contribution is -2.59. The van der Waals surface area contributed by atoms with Crippen LogP contribution in [0.25, 0.3) is 0 Å². The average molecular weight is 599 g/mol. The van der Waals surface area contributed by atoms with Crippen molar-refractivity contribution in [3.63, 3.8) is 0 Å². The zero-order chi connectivity index (χ0) is 31.4. The summed E-state index contributed by atoms with van der Waals surface area (Å²) in [6.45, 7) is 1.63. The molecule has 0 aromatic heterocycles. The van der Waals surface area contributed by atoms with Crippen molar-refractivity contribution in [3.8, 4) is 5.75 Å². The highest BCUT2D eigenvalue weighted by Gasteiger charge is 2.39. The van der Waals surface area contributed by atoms with Crippen molar-refractivity contribution in [3.05, 3.63) is 101 Å². The zero-order valence-electron chi connectivity index (χ0n) is 24.9. The predicted molar refractivity (Wildman–Crippen MR) is 164 cm³/mol. The second kappa shape index (κ2) is 13.2.